The molecule has 1 unspecified atom stereocenters. The molecule has 0 aliphatic rings. The first-order valence-electron chi connectivity index (χ1n) is 5.15. The summed E-state index contributed by atoms with van der Waals surface area (Å²) in [6, 6.07) is -0.838. The summed E-state index contributed by atoms with van der Waals surface area (Å²) in [7, 11) is -2.20. The average molecular weight is 251 g/mol. The summed E-state index contributed by atoms with van der Waals surface area (Å²) >= 11 is 0. The molecule has 0 saturated heterocycles. The van der Waals surface area contributed by atoms with E-state index in [2.05, 4.69) is 9.46 Å². The van der Waals surface area contributed by atoms with Crippen molar-refractivity contribution in [2.75, 3.05) is 12.9 Å². The Morgan fingerprint density at radius 3 is 2.25 bits per heavy atom. The highest BCUT2D eigenvalue weighted by Gasteiger charge is 2.22. The lowest BCUT2D eigenvalue weighted by Gasteiger charge is -2.19. The van der Waals surface area contributed by atoms with E-state index in [1.54, 1.807) is 0 Å². The molecule has 96 valence electrons. The number of carbonyl (C=O) groups is 1. The molecule has 0 aromatic heterocycles. The SMILES string of the molecule is COC(=O)C(C)NS(=O)(=O)CCC(C)(C)C. The van der Waals surface area contributed by atoms with Crippen LogP contribution >= 0.6 is 0 Å². The Morgan fingerprint density at radius 1 is 1.38 bits per heavy atom. The van der Waals surface area contributed by atoms with E-state index in [1.807, 2.05) is 20.8 Å². The monoisotopic (exact) mass is 251 g/mol. The summed E-state index contributed by atoms with van der Waals surface area (Å²) in [5, 5.41) is 0. The highest BCUT2D eigenvalue weighted by Crippen LogP contribution is 2.18. The van der Waals surface area contributed by atoms with E-state index in [0.29, 0.717) is 6.42 Å². The number of methoxy groups -OCH3 is 1. The summed E-state index contributed by atoms with van der Waals surface area (Å²) in [6.07, 6.45) is 0.538. The van der Waals surface area contributed by atoms with Gasteiger partial charge in [0.05, 0.1) is 12.9 Å². The van der Waals surface area contributed by atoms with E-state index in [1.165, 1.54) is 14.0 Å². The normalized spacial score (nSPS) is 14.6. The smallest absolute Gasteiger partial charge is 0.323 e. The molecule has 0 radical (unpaired) electrons. The van der Waals surface area contributed by atoms with Crippen molar-refractivity contribution >= 4 is 16.0 Å². The predicted octanol–water partition coefficient (Wildman–Crippen LogP) is 0.903. The van der Waals surface area contributed by atoms with Gasteiger partial charge in [0.15, 0.2) is 0 Å². The van der Waals surface area contributed by atoms with E-state index in [-0.39, 0.29) is 11.2 Å². The van der Waals surface area contributed by atoms with Crippen LogP contribution in [0.3, 0.4) is 0 Å². The summed E-state index contributed by atoms with van der Waals surface area (Å²) in [4.78, 5) is 11.0. The van der Waals surface area contributed by atoms with Crippen LogP contribution in [0.5, 0.6) is 0 Å². The van der Waals surface area contributed by atoms with Gasteiger partial charge < -0.3 is 4.74 Å². The second kappa shape index (κ2) is 5.63. The molecule has 0 aliphatic carbocycles. The molecule has 0 heterocycles. The van der Waals surface area contributed by atoms with Gasteiger partial charge in [0, 0.05) is 0 Å². The molecule has 0 bridgehead atoms. The van der Waals surface area contributed by atoms with Gasteiger partial charge in [0.1, 0.15) is 6.04 Å². The number of ether oxygens (including phenoxy) is 1. The fourth-order valence-electron chi connectivity index (χ4n) is 0.994. The molecule has 6 heteroatoms. The highest BCUT2D eigenvalue weighted by molar-refractivity contribution is 7.89. The molecule has 1 atom stereocenters. The molecule has 0 aromatic carbocycles. The molecule has 0 spiro atoms. The second-order valence-corrected chi connectivity index (χ2v) is 6.87. The fourth-order valence-corrected chi connectivity index (χ4v) is 2.63. The third kappa shape index (κ3) is 6.79. The molecule has 16 heavy (non-hydrogen) atoms. The topological polar surface area (TPSA) is 72.5 Å². The molecule has 0 aliphatic heterocycles. The van der Waals surface area contributed by atoms with Gasteiger partial charge in [-0.2, -0.15) is 0 Å². The zero-order valence-corrected chi connectivity index (χ0v) is 11.3. The maximum atomic E-state index is 11.6. The van der Waals surface area contributed by atoms with Crippen molar-refractivity contribution in [1.82, 2.24) is 4.72 Å². The third-order valence-electron chi connectivity index (χ3n) is 2.03. The first kappa shape index (κ1) is 15.4. The van der Waals surface area contributed by atoms with Gasteiger partial charge in [-0.15, -0.1) is 0 Å². The number of hydrogen-bond donors (Lipinski definition) is 1. The quantitative estimate of drug-likeness (QED) is 0.737. The van der Waals surface area contributed by atoms with Gasteiger partial charge in [-0.1, -0.05) is 20.8 Å². The Kier molecular flexibility index (Phi) is 5.41. The Hall–Kier alpha value is -0.620. The van der Waals surface area contributed by atoms with Crippen LogP contribution in [0.4, 0.5) is 0 Å². The minimum atomic E-state index is -3.42. The lowest BCUT2D eigenvalue weighted by atomic mass is 9.94. The van der Waals surface area contributed by atoms with Gasteiger partial charge in [-0.25, -0.2) is 13.1 Å². The van der Waals surface area contributed by atoms with E-state index < -0.39 is 22.0 Å². The van der Waals surface area contributed by atoms with Crippen LogP contribution in [0.1, 0.15) is 34.1 Å². The van der Waals surface area contributed by atoms with Gasteiger partial charge in [0.25, 0.3) is 0 Å². The zero-order chi connectivity index (χ0) is 13.0. The number of esters is 1. The number of nitrogens with one attached hydrogen (secondary N) is 1. The molecular weight excluding hydrogens is 230 g/mol. The molecule has 0 aromatic rings. The molecule has 0 rings (SSSR count). The maximum Gasteiger partial charge on any atom is 0.323 e. The van der Waals surface area contributed by atoms with Crippen molar-refractivity contribution in [3.8, 4) is 0 Å². The molecule has 0 fully saturated rings. The lowest BCUT2D eigenvalue weighted by Crippen LogP contribution is -2.40. The lowest BCUT2D eigenvalue weighted by molar-refractivity contribution is -0.142. The zero-order valence-electron chi connectivity index (χ0n) is 10.5. The Morgan fingerprint density at radius 2 is 1.88 bits per heavy atom. The van der Waals surface area contributed by atoms with Crippen molar-refractivity contribution in [1.29, 1.82) is 0 Å². The van der Waals surface area contributed by atoms with E-state index in [9.17, 15) is 13.2 Å². The van der Waals surface area contributed by atoms with E-state index >= 15 is 0 Å². The van der Waals surface area contributed by atoms with Gasteiger partial charge >= 0.3 is 5.97 Å². The van der Waals surface area contributed by atoms with Crippen molar-refractivity contribution in [2.45, 2.75) is 40.2 Å². The number of carbonyl (C=O) groups excluding carboxylic acids is 1. The number of sulfonamides is 1. The minimum Gasteiger partial charge on any atom is -0.468 e. The third-order valence-corrected chi connectivity index (χ3v) is 3.49. The fraction of sp³-hybridized carbons (Fsp3) is 0.900. The first-order chi connectivity index (χ1) is 7.07. The van der Waals surface area contributed by atoms with Crippen LogP contribution in [0.2, 0.25) is 0 Å². The van der Waals surface area contributed by atoms with Gasteiger partial charge in [-0.3, -0.25) is 4.79 Å². The number of hydrogen-bond acceptors (Lipinski definition) is 4. The second-order valence-electron chi connectivity index (χ2n) is 4.99. The Balaban J connectivity index is 4.31. The van der Waals surface area contributed by atoms with E-state index in [0.717, 1.165) is 0 Å². The van der Waals surface area contributed by atoms with Crippen molar-refractivity contribution < 1.29 is 17.9 Å². The van der Waals surface area contributed by atoms with Crippen LogP contribution in [0.25, 0.3) is 0 Å². The molecule has 1 N–H and O–H groups in total. The number of rotatable bonds is 5. The van der Waals surface area contributed by atoms with Gasteiger partial charge in [-0.05, 0) is 18.8 Å². The maximum absolute atomic E-state index is 11.6. The summed E-state index contributed by atoms with van der Waals surface area (Å²) in [5.41, 5.74) is -0.0523. The van der Waals surface area contributed by atoms with Crippen LogP contribution < -0.4 is 4.72 Å². The predicted molar refractivity (Wildman–Crippen MR) is 62.5 cm³/mol. The molecular formula is C10H21NO4S. The molecule has 5 nitrogen and oxygen atoms in total. The first-order valence-corrected chi connectivity index (χ1v) is 6.80. The van der Waals surface area contributed by atoms with Crippen molar-refractivity contribution in [3.63, 3.8) is 0 Å². The van der Waals surface area contributed by atoms with Crippen LogP contribution in [0.15, 0.2) is 0 Å². The Bertz CT molecular complexity index is 329. The average Bonchev–Trinajstić information content (AvgIpc) is 2.12. The summed E-state index contributed by atoms with van der Waals surface area (Å²) in [6.45, 7) is 7.35. The Labute approximate surface area is 97.6 Å². The summed E-state index contributed by atoms with van der Waals surface area (Å²) in [5.74, 6) is -0.572. The standard InChI is InChI=1S/C10H21NO4S/c1-8(9(12)15-5)11-16(13,14)7-6-10(2,3)4/h8,11H,6-7H2,1-5H3. The summed E-state index contributed by atoms with van der Waals surface area (Å²) < 4.78 is 29.9. The van der Waals surface area contributed by atoms with Crippen molar-refractivity contribution in [2.24, 2.45) is 5.41 Å². The van der Waals surface area contributed by atoms with Crippen LogP contribution in [-0.4, -0.2) is 33.3 Å². The molecule has 0 saturated carbocycles. The molecule has 0 amide bonds. The van der Waals surface area contributed by atoms with Gasteiger partial charge in [0.2, 0.25) is 10.0 Å². The van der Waals surface area contributed by atoms with Crippen LogP contribution in [-0.2, 0) is 19.6 Å². The largest absolute Gasteiger partial charge is 0.468 e. The van der Waals surface area contributed by atoms with Crippen molar-refractivity contribution in [3.05, 3.63) is 0 Å². The van der Waals surface area contributed by atoms with Crippen LogP contribution in [0, 0.1) is 5.41 Å². The minimum absolute atomic E-state index is 0.0117. The van der Waals surface area contributed by atoms with E-state index in [4.69, 9.17) is 0 Å². The highest BCUT2D eigenvalue weighted by atomic mass is 32.2.